The highest BCUT2D eigenvalue weighted by Crippen LogP contribution is 2.40. The van der Waals surface area contributed by atoms with Crippen LogP contribution in [-0.4, -0.2) is 28.6 Å². The summed E-state index contributed by atoms with van der Waals surface area (Å²) in [5, 5.41) is 2.26. The number of nitrogens with zero attached hydrogens (tertiary/aromatic N) is 2. The number of hydrogen-bond donors (Lipinski definition) is 1. The molecule has 1 aliphatic heterocycles. The number of carbonyl (C=O) groups excluding carboxylic acids is 1. The average molecular weight is 419 g/mol. The second-order valence-corrected chi connectivity index (χ2v) is 6.48. The Morgan fingerprint density at radius 1 is 1.10 bits per heavy atom. The highest BCUT2D eigenvalue weighted by atomic mass is 19.3. The van der Waals surface area contributed by atoms with Crippen molar-refractivity contribution >= 4 is 11.7 Å². The van der Waals surface area contributed by atoms with E-state index in [2.05, 4.69) is 20.0 Å². The van der Waals surface area contributed by atoms with E-state index in [1.807, 2.05) is 0 Å². The molecular formula is C20H13F4N3O3. The second-order valence-electron chi connectivity index (χ2n) is 6.48. The molecular weight excluding hydrogens is 406 g/mol. The summed E-state index contributed by atoms with van der Waals surface area (Å²) < 4.78 is 63.9. The minimum atomic E-state index is -3.44. The fourth-order valence-electron chi connectivity index (χ4n) is 2.91. The number of carbonyl (C=O) groups is 1. The molecule has 4 rings (SSSR count). The summed E-state index contributed by atoms with van der Waals surface area (Å²) in [7, 11) is 0. The number of anilines is 1. The van der Waals surface area contributed by atoms with E-state index in [0.717, 1.165) is 18.2 Å². The number of amides is 1. The monoisotopic (exact) mass is 419 g/mol. The molecule has 0 radical (unpaired) electrons. The van der Waals surface area contributed by atoms with Crippen molar-refractivity contribution in [1.29, 1.82) is 0 Å². The van der Waals surface area contributed by atoms with Crippen molar-refractivity contribution < 1.29 is 31.8 Å². The van der Waals surface area contributed by atoms with Gasteiger partial charge in [-0.15, -0.1) is 0 Å². The van der Waals surface area contributed by atoms with Gasteiger partial charge in [0, 0.05) is 5.56 Å². The van der Waals surface area contributed by atoms with E-state index < -0.39 is 35.8 Å². The predicted octanol–water partition coefficient (Wildman–Crippen LogP) is 4.35. The first-order valence-electron chi connectivity index (χ1n) is 8.65. The summed E-state index contributed by atoms with van der Waals surface area (Å²) in [6.45, 7) is 0.847. The molecule has 2 heterocycles. The number of fused-ring (bicyclic) bond motifs is 1. The molecule has 1 N–H and O–H groups in total. The summed E-state index contributed by atoms with van der Waals surface area (Å²) in [5.41, 5.74) is 0.692. The van der Waals surface area contributed by atoms with Crippen LogP contribution in [0.15, 0.2) is 42.7 Å². The van der Waals surface area contributed by atoms with Gasteiger partial charge in [0.2, 0.25) is 0 Å². The molecule has 0 unspecified atom stereocenters. The van der Waals surface area contributed by atoms with Crippen molar-refractivity contribution in [2.75, 3.05) is 11.9 Å². The van der Waals surface area contributed by atoms with Gasteiger partial charge in [0.15, 0.2) is 23.9 Å². The maximum Gasteiger partial charge on any atom is 0.433 e. The minimum Gasteiger partial charge on any atom is -0.479 e. The molecule has 154 valence electrons. The van der Waals surface area contributed by atoms with E-state index >= 15 is 0 Å². The Kier molecular flexibility index (Phi) is 4.76. The normalized spacial score (nSPS) is 14.3. The van der Waals surface area contributed by atoms with Gasteiger partial charge < -0.3 is 14.8 Å². The van der Waals surface area contributed by atoms with Gasteiger partial charge in [0.1, 0.15) is 17.2 Å². The molecule has 0 fully saturated rings. The molecule has 0 saturated heterocycles. The van der Waals surface area contributed by atoms with Crippen LogP contribution in [0.2, 0.25) is 0 Å². The zero-order valence-corrected chi connectivity index (χ0v) is 15.4. The molecule has 0 spiro atoms. The number of benzene rings is 2. The fraction of sp³-hybridized carbons (Fsp3) is 0.150. The minimum absolute atomic E-state index is 0.0480. The number of alkyl halides is 2. The zero-order valence-electron chi connectivity index (χ0n) is 15.4. The van der Waals surface area contributed by atoms with Crippen LogP contribution in [0.1, 0.15) is 15.9 Å². The van der Waals surface area contributed by atoms with Crippen molar-refractivity contribution in [1.82, 2.24) is 9.97 Å². The van der Waals surface area contributed by atoms with Gasteiger partial charge in [-0.2, -0.15) is 8.78 Å². The number of hydrogen-bond acceptors (Lipinski definition) is 5. The van der Waals surface area contributed by atoms with Crippen molar-refractivity contribution in [2.24, 2.45) is 0 Å². The SMILES string of the molecule is Cc1cc2c(cc1-c1cnc(NC(=O)c3c(F)cccc3F)cn1)OC(F)(F)CO2. The molecule has 1 amide bonds. The van der Waals surface area contributed by atoms with E-state index in [1.54, 1.807) is 6.92 Å². The van der Waals surface area contributed by atoms with Crippen LogP contribution in [0.25, 0.3) is 11.3 Å². The number of nitrogens with one attached hydrogen (secondary N) is 1. The van der Waals surface area contributed by atoms with Gasteiger partial charge in [0.25, 0.3) is 5.91 Å². The first-order chi connectivity index (χ1) is 14.2. The molecule has 6 nitrogen and oxygen atoms in total. The zero-order chi connectivity index (χ0) is 21.5. The van der Waals surface area contributed by atoms with E-state index in [4.69, 9.17) is 4.74 Å². The van der Waals surface area contributed by atoms with Gasteiger partial charge in [0.05, 0.1) is 18.1 Å². The highest BCUT2D eigenvalue weighted by Gasteiger charge is 2.38. The third kappa shape index (κ3) is 3.76. The largest absolute Gasteiger partial charge is 0.479 e. The summed E-state index contributed by atoms with van der Waals surface area (Å²) in [5.74, 6) is -3.05. The third-order valence-electron chi connectivity index (χ3n) is 4.30. The summed E-state index contributed by atoms with van der Waals surface area (Å²) in [6, 6.07) is 5.95. The van der Waals surface area contributed by atoms with Crippen molar-refractivity contribution in [3.05, 3.63) is 65.5 Å². The molecule has 10 heteroatoms. The number of aryl methyl sites for hydroxylation is 1. The first-order valence-corrected chi connectivity index (χ1v) is 8.65. The quantitative estimate of drug-likeness (QED) is 0.640. The summed E-state index contributed by atoms with van der Waals surface area (Å²) >= 11 is 0. The maximum absolute atomic E-state index is 13.7. The molecule has 0 bridgehead atoms. The van der Waals surface area contributed by atoms with E-state index in [0.29, 0.717) is 16.8 Å². The fourth-order valence-corrected chi connectivity index (χ4v) is 2.91. The third-order valence-corrected chi connectivity index (χ3v) is 4.30. The molecule has 2 aromatic carbocycles. The average Bonchev–Trinajstić information content (AvgIpc) is 2.68. The predicted molar refractivity (Wildman–Crippen MR) is 97.6 cm³/mol. The van der Waals surface area contributed by atoms with Gasteiger partial charge in [-0.1, -0.05) is 6.07 Å². The lowest BCUT2D eigenvalue weighted by Gasteiger charge is -2.26. The Balaban J connectivity index is 1.58. The van der Waals surface area contributed by atoms with E-state index in [-0.39, 0.29) is 17.3 Å². The van der Waals surface area contributed by atoms with E-state index in [9.17, 15) is 22.4 Å². The highest BCUT2D eigenvalue weighted by molar-refractivity contribution is 6.04. The molecule has 0 saturated carbocycles. The van der Waals surface area contributed by atoms with Crippen LogP contribution < -0.4 is 14.8 Å². The Morgan fingerprint density at radius 2 is 1.83 bits per heavy atom. The van der Waals surface area contributed by atoms with Gasteiger partial charge in [-0.3, -0.25) is 9.78 Å². The Hall–Kier alpha value is -3.69. The van der Waals surface area contributed by atoms with Crippen molar-refractivity contribution in [2.45, 2.75) is 13.0 Å². The standard InChI is InChI=1S/C20H13F4N3O3/c1-10-5-15-16(30-20(23,24)9-29-15)6-11(10)14-7-26-17(8-25-14)27-19(28)18-12(21)3-2-4-13(18)22/h2-8H,9H2,1H3,(H,26,27,28). The van der Waals surface area contributed by atoms with Crippen molar-refractivity contribution in [3.63, 3.8) is 0 Å². The first kappa shape index (κ1) is 19.6. The lowest BCUT2D eigenvalue weighted by Crippen LogP contribution is -2.36. The van der Waals surface area contributed by atoms with Crippen LogP contribution in [0, 0.1) is 18.6 Å². The van der Waals surface area contributed by atoms with Crippen molar-refractivity contribution in [3.8, 4) is 22.8 Å². The Bertz CT molecular complexity index is 1120. The number of halogens is 4. The van der Waals surface area contributed by atoms with Gasteiger partial charge in [-0.25, -0.2) is 13.8 Å². The van der Waals surface area contributed by atoms with E-state index in [1.165, 1.54) is 24.5 Å². The molecule has 30 heavy (non-hydrogen) atoms. The maximum atomic E-state index is 13.7. The molecule has 0 atom stereocenters. The summed E-state index contributed by atoms with van der Waals surface area (Å²) in [4.78, 5) is 20.3. The van der Waals surface area contributed by atoms with Crippen LogP contribution >= 0.6 is 0 Å². The number of ether oxygens (including phenoxy) is 2. The van der Waals surface area contributed by atoms with Crippen LogP contribution in [0.3, 0.4) is 0 Å². The molecule has 0 aliphatic carbocycles. The summed E-state index contributed by atoms with van der Waals surface area (Å²) in [6.07, 6.45) is -0.984. The lowest BCUT2D eigenvalue weighted by molar-refractivity contribution is -0.208. The number of aromatic nitrogens is 2. The molecule has 1 aliphatic rings. The van der Waals surface area contributed by atoms with Crippen LogP contribution in [-0.2, 0) is 0 Å². The molecule has 1 aromatic heterocycles. The Morgan fingerprint density at radius 3 is 2.50 bits per heavy atom. The molecule has 3 aromatic rings. The van der Waals surface area contributed by atoms with Crippen LogP contribution in [0.5, 0.6) is 11.5 Å². The smallest absolute Gasteiger partial charge is 0.433 e. The van der Waals surface area contributed by atoms with Gasteiger partial charge in [-0.05, 0) is 36.8 Å². The Labute approximate surface area is 167 Å². The second kappa shape index (κ2) is 7.29. The van der Waals surface area contributed by atoms with Crippen LogP contribution in [0.4, 0.5) is 23.4 Å². The lowest BCUT2D eigenvalue weighted by atomic mass is 10.0. The number of rotatable bonds is 3. The van der Waals surface area contributed by atoms with Gasteiger partial charge >= 0.3 is 6.11 Å². The topological polar surface area (TPSA) is 73.3 Å².